The number of hydrogen-bond acceptors (Lipinski definition) is 15. The summed E-state index contributed by atoms with van der Waals surface area (Å²) in [4.78, 5) is 73.0. The van der Waals surface area contributed by atoms with Crippen LogP contribution >= 0.6 is 15.6 Å². The molecule has 0 aromatic heterocycles. The maximum absolute atomic E-state index is 13.1. The minimum Gasteiger partial charge on any atom is -0.462 e. The van der Waals surface area contributed by atoms with Gasteiger partial charge in [-0.15, -0.1) is 0 Å². The summed E-state index contributed by atoms with van der Waals surface area (Å²) in [5.41, 5.74) is 0. The van der Waals surface area contributed by atoms with Crippen molar-refractivity contribution in [3.8, 4) is 0 Å². The number of ether oxygens (including phenoxy) is 4. The van der Waals surface area contributed by atoms with Crippen molar-refractivity contribution in [3.63, 3.8) is 0 Å². The number of rotatable bonds is 71. The van der Waals surface area contributed by atoms with Crippen LogP contribution < -0.4 is 0 Å². The molecule has 588 valence electrons. The van der Waals surface area contributed by atoms with E-state index in [9.17, 15) is 43.2 Å². The van der Waals surface area contributed by atoms with Crippen LogP contribution in [0.3, 0.4) is 0 Å². The zero-order valence-electron chi connectivity index (χ0n) is 64.1. The third-order valence-corrected chi connectivity index (χ3v) is 17.2. The van der Waals surface area contributed by atoms with Crippen LogP contribution in [0.4, 0.5) is 0 Å². The highest BCUT2D eigenvalue weighted by atomic mass is 31.2. The lowest BCUT2D eigenvalue weighted by Crippen LogP contribution is -2.30. The van der Waals surface area contributed by atoms with Crippen LogP contribution in [0.15, 0.2) is 182 Å². The number of phosphoric acid groups is 2. The Morgan fingerprint density at radius 1 is 0.279 bits per heavy atom. The van der Waals surface area contributed by atoms with E-state index in [-0.39, 0.29) is 25.7 Å². The molecule has 0 aliphatic heterocycles. The lowest BCUT2D eigenvalue weighted by Gasteiger charge is -2.21. The van der Waals surface area contributed by atoms with Gasteiger partial charge in [0, 0.05) is 25.7 Å². The van der Waals surface area contributed by atoms with Crippen molar-refractivity contribution in [2.75, 3.05) is 39.6 Å². The van der Waals surface area contributed by atoms with Crippen molar-refractivity contribution in [1.29, 1.82) is 0 Å². The van der Waals surface area contributed by atoms with Gasteiger partial charge in [-0.3, -0.25) is 37.3 Å². The van der Waals surface area contributed by atoms with Crippen molar-refractivity contribution >= 4 is 39.5 Å². The molecular formula is C85H136O17P2. The molecule has 0 rings (SSSR count). The Bertz CT molecular complexity index is 2690. The zero-order valence-corrected chi connectivity index (χ0v) is 65.9. The second kappa shape index (κ2) is 75.4. The highest BCUT2D eigenvalue weighted by molar-refractivity contribution is 7.47. The number of unbranched alkanes of at least 4 members (excludes halogenated alkanes) is 15. The molecule has 0 aromatic carbocycles. The average Bonchev–Trinajstić information content (AvgIpc) is 0.939. The quantitative estimate of drug-likeness (QED) is 0.0169. The summed E-state index contributed by atoms with van der Waals surface area (Å²) < 4.78 is 68.4. The predicted molar refractivity (Wildman–Crippen MR) is 426 cm³/mol. The van der Waals surface area contributed by atoms with E-state index >= 15 is 0 Å². The molecule has 19 heteroatoms. The second-order valence-electron chi connectivity index (χ2n) is 25.1. The Morgan fingerprint density at radius 3 is 0.817 bits per heavy atom. The topological polar surface area (TPSA) is 237 Å². The van der Waals surface area contributed by atoms with Gasteiger partial charge < -0.3 is 33.8 Å². The van der Waals surface area contributed by atoms with Gasteiger partial charge in [-0.25, -0.2) is 9.13 Å². The number of phosphoric ester groups is 2. The first kappa shape index (κ1) is 98.2. The van der Waals surface area contributed by atoms with E-state index in [1.54, 1.807) is 0 Å². The Labute approximate surface area is 628 Å². The Morgan fingerprint density at radius 2 is 0.510 bits per heavy atom. The van der Waals surface area contributed by atoms with E-state index in [4.69, 9.17) is 37.0 Å². The molecule has 0 aliphatic carbocycles. The summed E-state index contributed by atoms with van der Waals surface area (Å²) in [7, 11) is -10.0. The summed E-state index contributed by atoms with van der Waals surface area (Å²) in [5, 5.41) is 10.6. The molecule has 0 saturated carbocycles. The molecule has 17 nitrogen and oxygen atoms in total. The van der Waals surface area contributed by atoms with Gasteiger partial charge in [0.1, 0.15) is 19.3 Å². The minimum atomic E-state index is -5.01. The Hall–Kier alpha value is -5.84. The molecule has 0 saturated heterocycles. The van der Waals surface area contributed by atoms with E-state index < -0.39 is 97.5 Å². The number of hydrogen-bond donors (Lipinski definition) is 3. The maximum atomic E-state index is 13.1. The van der Waals surface area contributed by atoms with Gasteiger partial charge in [0.25, 0.3) is 0 Å². The van der Waals surface area contributed by atoms with Crippen LogP contribution in [0, 0.1) is 0 Å². The molecule has 0 spiro atoms. The zero-order chi connectivity index (χ0) is 76.0. The van der Waals surface area contributed by atoms with Gasteiger partial charge in [-0.2, -0.15) is 0 Å². The highest BCUT2D eigenvalue weighted by Crippen LogP contribution is 2.45. The normalized spacial score (nSPS) is 14.9. The lowest BCUT2D eigenvalue weighted by molar-refractivity contribution is -0.161. The number of aliphatic hydroxyl groups is 1. The van der Waals surface area contributed by atoms with Gasteiger partial charge >= 0.3 is 39.5 Å². The molecule has 5 unspecified atom stereocenters. The van der Waals surface area contributed by atoms with Crippen molar-refractivity contribution in [2.45, 2.75) is 290 Å². The predicted octanol–water partition coefficient (Wildman–Crippen LogP) is 22.8. The van der Waals surface area contributed by atoms with Gasteiger partial charge in [-0.05, 0) is 167 Å². The standard InChI is InChI=1S/C85H136O17P2/c1-5-9-13-17-21-25-29-33-36-38-39-41-44-47-50-54-58-62-66-70-83(88)95-75-80(101-84(89)71-67-63-59-55-51-45-32-28-24-20-16-12-8-4)77-99-103(91,92)97-73-79(86)74-98-104(93,94)100-78-81(102-85(90)72-68-64-60-56-52-48-42-35-31-27-23-19-15-11-7-3)76-96-82(87)69-65-61-57-53-49-46-43-40-37-34-30-26-22-18-14-10-6-2/h9-11,13-16,20-23,25-28,32-37,39,41-43,46-47,50,53,57,79-81,86H,5-8,12,17-19,24,29-31,38,40,44-45,48-49,51-52,54-56,58-78H2,1-4H3,(H,91,92)(H,93,94)/b13-9-,14-10-,15-11-,20-16-,25-21-,26-22-,27-23-,32-28-,36-33-,37-34-,41-39-,42-35-,46-43-,50-47-,57-53-. The van der Waals surface area contributed by atoms with Crippen molar-refractivity contribution in [2.24, 2.45) is 0 Å². The average molecular weight is 1490 g/mol. The van der Waals surface area contributed by atoms with Crippen LogP contribution in [0.25, 0.3) is 0 Å². The third-order valence-electron chi connectivity index (χ3n) is 15.3. The highest BCUT2D eigenvalue weighted by Gasteiger charge is 2.30. The smallest absolute Gasteiger partial charge is 0.462 e. The van der Waals surface area contributed by atoms with Gasteiger partial charge in [0.15, 0.2) is 12.2 Å². The van der Waals surface area contributed by atoms with Crippen molar-refractivity contribution < 1.29 is 80.2 Å². The van der Waals surface area contributed by atoms with E-state index in [0.29, 0.717) is 32.1 Å². The first-order valence-electron chi connectivity index (χ1n) is 39.0. The van der Waals surface area contributed by atoms with Crippen LogP contribution in [-0.4, -0.2) is 96.7 Å². The van der Waals surface area contributed by atoms with Crippen LogP contribution in [0.2, 0.25) is 0 Å². The SMILES string of the molecule is CC/C=C\C/C=C\C/C=C\C/C=C\C/C=C\CCCCCC(=O)OCC(COP(=O)(O)OCC(O)COP(=O)(O)OCC(COC(=O)CCC/C=C\C/C=C\C/C=C\C/C=C\C/C=C\CC)OC(=O)CCCCCCC/C=C\C/C=C\C/C=C\CC)OC(=O)CCCCCCC/C=C\C/C=C\CCC. The molecular weight excluding hydrogens is 1350 g/mol. The summed E-state index contributed by atoms with van der Waals surface area (Å²) in [6, 6.07) is 0. The monoisotopic (exact) mass is 1490 g/mol. The largest absolute Gasteiger partial charge is 0.472 e. The minimum absolute atomic E-state index is 0.0553. The molecule has 0 heterocycles. The summed E-state index contributed by atoms with van der Waals surface area (Å²) >= 11 is 0. The molecule has 0 aliphatic rings. The first-order valence-corrected chi connectivity index (χ1v) is 42.0. The van der Waals surface area contributed by atoms with Crippen LogP contribution in [0.5, 0.6) is 0 Å². The van der Waals surface area contributed by atoms with E-state index in [1.807, 2.05) is 12.2 Å². The summed E-state index contributed by atoms with van der Waals surface area (Å²) in [6.45, 7) is 4.30. The molecule has 0 bridgehead atoms. The Balaban J connectivity index is 5.47. The third kappa shape index (κ3) is 74.4. The fourth-order valence-electron chi connectivity index (χ4n) is 9.51. The maximum Gasteiger partial charge on any atom is 0.472 e. The summed E-state index contributed by atoms with van der Waals surface area (Å²) in [6.07, 6.45) is 90.3. The van der Waals surface area contributed by atoms with E-state index in [1.165, 1.54) is 0 Å². The number of carbonyl (C=O) groups excluding carboxylic acids is 4. The Kier molecular flexibility index (Phi) is 71.2. The van der Waals surface area contributed by atoms with Crippen LogP contribution in [0.1, 0.15) is 272 Å². The number of carbonyl (C=O) groups is 4. The van der Waals surface area contributed by atoms with E-state index in [2.05, 4.69) is 198 Å². The molecule has 5 atom stereocenters. The molecule has 0 aromatic rings. The number of esters is 4. The molecule has 0 fully saturated rings. The number of allylic oxidation sites excluding steroid dienone is 30. The molecule has 0 radical (unpaired) electrons. The first-order chi connectivity index (χ1) is 50.7. The van der Waals surface area contributed by atoms with Crippen molar-refractivity contribution in [1.82, 2.24) is 0 Å². The molecule has 104 heavy (non-hydrogen) atoms. The van der Waals surface area contributed by atoms with Crippen LogP contribution in [-0.2, 0) is 65.4 Å². The molecule has 0 amide bonds. The fourth-order valence-corrected chi connectivity index (χ4v) is 11.1. The van der Waals surface area contributed by atoms with Gasteiger partial charge in [0.2, 0.25) is 0 Å². The van der Waals surface area contributed by atoms with Gasteiger partial charge in [0.05, 0.1) is 26.4 Å². The van der Waals surface area contributed by atoms with Crippen molar-refractivity contribution in [3.05, 3.63) is 182 Å². The number of aliphatic hydroxyl groups excluding tert-OH is 1. The van der Waals surface area contributed by atoms with Gasteiger partial charge in [-0.1, -0.05) is 261 Å². The molecule has 3 N–H and O–H groups in total. The fraction of sp³-hybridized carbons (Fsp3) is 0.600. The lowest BCUT2D eigenvalue weighted by atomic mass is 10.1. The van der Waals surface area contributed by atoms with E-state index in [0.717, 1.165) is 186 Å². The summed E-state index contributed by atoms with van der Waals surface area (Å²) in [5.74, 6) is -2.33. The second-order valence-corrected chi connectivity index (χ2v) is 28.1.